The van der Waals surface area contributed by atoms with Crippen LogP contribution in [0.5, 0.6) is 0 Å². The Kier molecular flexibility index (Phi) is 4.82. The predicted molar refractivity (Wildman–Crippen MR) is 62.7 cm³/mol. The fourth-order valence-electron chi connectivity index (χ4n) is 1.34. The van der Waals surface area contributed by atoms with Crippen molar-refractivity contribution in [1.29, 1.82) is 0 Å². The highest BCUT2D eigenvalue weighted by molar-refractivity contribution is 6.07. The van der Waals surface area contributed by atoms with Gasteiger partial charge in [-0.05, 0) is 12.1 Å². The predicted octanol–water partition coefficient (Wildman–Crippen LogP) is -0.505. The highest BCUT2D eigenvalue weighted by Crippen LogP contribution is 2.08. The third kappa shape index (κ3) is 3.56. The summed E-state index contributed by atoms with van der Waals surface area (Å²) < 4.78 is 0. The van der Waals surface area contributed by atoms with Crippen LogP contribution < -0.4 is 16.6 Å². The molecule has 2 amide bonds. The topological polar surface area (TPSA) is 122 Å². The minimum absolute atomic E-state index is 0.00720. The third-order valence-electron chi connectivity index (χ3n) is 2.17. The van der Waals surface area contributed by atoms with E-state index in [1.165, 1.54) is 12.1 Å². The molecule has 1 rings (SSSR count). The van der Waals surface area contributed by atoms with Gasteiger partial charge in [0.25, 0.3) is 11.8 Å². The van der Waals surface area contributed by atoms with E-state index < -0.39 is 17.8 Å². The summed E-state index contributed by atoms with van der Waals surface area (Å²) in [5, 5.41) is 10.9. The SMILES string of the molecule is NNC(=O)c1ccccc1C(=O)NCCC(=O)O. The lowest BCUT2D eigenvalue weighted by Crippen LogP contribution is -2.33. The molecular weight excluding hydrogens is 238 g/mol. The number of rotatable bonds is 5. The molecule has 0 aliphatic heterocycles. The molecule has 0 radical (unpaired) electrons. The number of hydrogen-bond donors (Lipinski definition) is 4. The van der Waals surface area contributed by atoms with E-state index in [9.17, 15) is 14.4 Å². The summed E-state index contributed by atoms with van der Waals surface area (Å²) in [6, 6.07) is 6.10. The van der Waals surface area contributed by atoms with Gasteiger partial charge < -0.3 is 10.4 Å². The Balaban J connectivity index is 2.79. The first-order valence-corrected chi connectivity index (χ1v) is 5.16. The largest absolute Gasteiger partial charge is 0.481 e. The molecule has 0 aliphatic carbocycles. The molecule has 5 N–H and O–H groups in total. The number of hydrogen-bond acceptors (Lipinski definition) is 4. The third-order valence-corrected chi connectivity index (χ3v) is 2.17. The highest BCUT2D eigenvalue weighted by Gasteiger charge is 2.15. The lowest BCUT2D eigenvalue weighted by atomic mass is 10.1. The molecule has 0 saturated heterocycles. The van der Waals surface area contributed by atoms with Gasteiger partial charge in [0, 0.05) is 6.54 Å². The van der Waals surface area contributed by atoms with E-state index in [1.807, 2.05) is 5.43 Å². The van der Waals surface area contributed by atoms with Crippen molar-refractivity contribution in [2.75, 3.05) is 6.54 Å². The number of amides is 2. The molecule has 0 saturated carbocycles. The second kappa shape index (κ2) is 6.36. The number of carbonyl (C=O) groups is 3. The van der Waals surface area contributed by atoms with E-state index in [0.717, 1.165) is 0 Å². The molecule has 0 unspecified atom stereocenters. The summed E-state index contributed by atoms with van der Waals surface area (Å²) in [6.07, 6.45) is -0.184. The van der Waals surface area contributed by atoms with Crippen molar-refractivity contribution in [3.05, 3.63) is 35.4 Å². The van der Waals surface area contributed by atoms with Gasteiger partial charge in [-0.25, -0.2) is 5.84 Å². The fraction of sp³-hybridized carbons (Fsp3) is 0.182. The zero-order chi connectivity index (χ0) is 13.5. The zero-order valence-corrected chi connectivity index (χ0v) is 9.47. The van der Waals surface area contributed by atoms with Crippen molar-refractivity contribution >= 4 is 17.8 Å². The number of carboxylic acid groups (broad SMARTS) is 1. The van der Waals surface area contributed by atoms with E-state index in [-0.39, 0.29) is 24.1 Å². The van der Waals surface area contributed by atoms with Gasteiger partial charge in [-0.15, -0.1) is 0 Å². The van der Waals surface area contributed by atoms with Crippen molar-refractivity contribution in [2.45, 2.75) is 6.42 Å². The van der Waals surface area contributed by atoms with Crippen LogP contribution in [0.15, 0.2) is 24.3 Å². The molecule has 0 aliphatic rings. The zero-order valence-electron chi connectivity index (χ0n) is 9.47. The average molecular weight is 251 g/mol. The van der Waals surface area contributed by atoms with Gasteiger partial charge in [-0.1, -0.05) is 12.1 Å². The van der Waals surface area contributed by atoms with Crippen molar-refractivity contribution in [1.82, 2.24) is 10.7 Å². The Hall–Kier alpha value is -2.41. The Bertz CT molecular complexity index is 473. The lowest BCUT2D eigenvalue weighted by molar-refractivity contribution is -0.136. The van der Waals surface area contributed by atoms with Crippen LogP contribution in [0.2, 0.25) is 0 Å². The maximum Gasteiger partial charge on any atom is 0.305 e. The molecule has 7 nitrogen and oxygen atoms in total. The average Bonchev–Trinajstić information content (AvgIpc) is 2.37. The van der Waals surface area contributed by atoms with E-state index in [1.54, 1.807) is 12.1 Å². The quantitative estimate of drug-likeness (QED) is 0.319. The van der Waals surface area contributed by atoms with Gasteiger partial charge in [-0.3, -0.25) is 19.8 Å². The Morgan fingerprint density at radius 3 is 2.17 bits per heavy atom. The van der Waals surface area contributed by atoms with Gasteiger partial charge in [0.2, 0.25) is 0 Å². The van der Waals surface area contributed by atoms with Crippen LogP contribution in [-0.4, -0.2) is 29.4 Å². The normalized spacial score (nSPS) is 9.61. The molecule has 18 heavy (non-hydrogen) atoms. The number of nitrogens with two attached hydrogens (primary N) is 1. The smallest absolute Gasteiger partial charge is 0.305 e. The molecule has 1 aromatic carbocycles. The van der Waals surface area contributed by atoms with Crippen LogP contribution in [0, 0.1) is 0 Å². The monoisotopic (exact) mass is 251 g/mol. The van der Waals surface area contributed by atoms with Crippen molar-refractivity contribution in [2.24, 2.45) is 5.84 Å². The summed E-state index contributed by atoms with van der Waals surface area (Å²) in [6.45, 7) is -0.00720. The van der Waals surface area contributed by atoms with Gasteiger partial charge in [0.1, 0.15) is 0 Å². The van der Waals surface area contributed by atoms with Crippen LogP contribution in [0.25, 0.3) is 0 Å². The van der Waals surface area contributed by atoms with Crippen molar-refractivity contribution in [3.8, 4) is 0 Å². The first-order valence-electron chi connectivity index (χ1n) is 5.16. The Labute approximate surface area is 103 Å². The minimum Gasteiger partial charge on any atom is -0.481 e. The molecule has 0 fully saturated rings. The van der Waals surface area contributed by atoms with Crippen molar-refractivity contribution < 1.29 is 19.5 Å². The molecule has 0 aromatic heterocycles. The van der Waals surface area contributed by atoms with Crippen molar-refractivity contribution in [3.63, 3.8) is 0 Å². The summed E-state index contributed by atoms with van der Waals surface area (Å²) in [5.74, 6) is 2.89. The minimum atomic E-state index is -1.01. The fourth-order valence-corrected chi connectivity index (χ4v) is 1.34. The number of hydrazine groups is 1. The maximum absolute atomic E-state index is 11.7. The van der Waals surface area contributed by atoms with Gasteiger partial charge in [0.05, 0.1) is 17.5 Å². The Morgan fingerprint density at radius 2 is 1.67 bits per heavy atom. The standard InChI is InChI=1S/C11H13N3O4/c12-14-11(18)8-4-2-1-3-7(8)10(17)13-6-5-9(15)16/h1-4H,5-6,12H2,(H,13,17)(H,14,18)(H,15,16). The van der Waals surface area contributed by atoms with E-state index >= 15 is 0 Å². The molecule has 0 spiro atoms. The Morgan fingerprint density at radius 1 is 1.11 bits per heavy atom. The number of benzene rings is 1. The number of nitrogens with one attached hydrogen (secondary N) is 2. The first kappa shape index (κ1) is 13.7. The van der Waals surface area contributed by atoms with Crippen LogP contribution in [-0.2, 0) is 4.79 Å². The second-order valence-electron chi connectivity index (χ2n) is 3.42. The summed E-state index contributed by atoms with van der Waals surface area (Å²) in [5.41, 5.74) is 2.21. The number of aliphatic carboxylic acids is 1. The second-order valence-corrected chi connectivity index (χ2v) is 3.42. The molecule has 0 atom stereocenters. The molecule has 7 heteroatoms. The highest BCUT2D eigenvalue weighted by atomic mass is 16.4. The number of nitrogen functional groups attached to an aromatic ring is 1. The molecule has 1 aromatic rings. The number of carboxylic acids is 1. The molecular formula is C11H13N3O4. The van der Waals surface area contributed by atoms with Gasteiger partial charge in [-0.2, -0.15) is 0 Å². The molecule has 0 bridgehead atoms. The lowest BCUT2D eigenvalue weighted by Gasteiger charge is -2.08. The first-order chi connectivity index (χ1) is 8.56. The summed E-state index contributed by atoms with van der Waals surface area (Å²) in [4.78, 5) is 33.5. The van der Waals surface area contributed by atoms with Crippen LogP contribution in [0.3, 0.4) is 0 Å². The van der Waals surface area contributed by atoms with E-state index in [0.29, 0.717) is 0 Å². The summed E-state index contributed by atoms with van der Waals surface area (Å²) in [7, 11) is 0. The van der Waals surface area contributed by atoms with Gasteiger partial charge >= 0.3 is 5.97 Å². The van der Waals surface area contributed by atoms with E-state index in [4.69, 9.17) is 10.9 Å². The molecule has 96 valence electrons. The van der Waals surface area contributed by atoms with Crippen LogP contribution >= 0.6 is 0 Å². The maximum atomic E-state index is 11.7. The molecule has 0 heterocycles. The van der Waals surface area contributed by atoms with E-state index in [2.05, 4.69) is 5.32 Å². The van der Waals surface area contributed by atoms with Crippen LogP contribution in [0.1, 0.15) is 27.1 Å². The van der Waals surface area contributed by atoms with Crippen LogP contribution in [0.4, 0.5) is 0 Å². The number of carbonyl (C=O) groups excluding carboxylic acids is 2. The summed E-state index contributed by atoms with van der Waals surface area (Å²) >= 11 is 0. The van der Waals surface area contributed by atoms with Gasteiger partial charge in [0.15, 0.2) is 0 Å².